The van der Waals surface area contributed by atoms with Gasteiger partial charge >= 0.3 is 0 Å². The van der Waals surface area contributed by atoms with Crippen molar-refractivity contribution in [1.82, 2.24) is 9.80 Å². The minimum absolute atomic E-state index is 0.000561. The van der Waals surface area contributed by atoms with Gasteiger partial charge < -0.3 is 15.5 Å². The second kappa shape index (κ2) is 4.49. The summed E-state index contributed by atoms with van der Waals surface area (Å²) >= 11 is 0. The van der Waals surface area contributed by atoms with Crippen LogP contribution in [-0.4, -0.2) is 55.5 Å². The highest BCUT2D eigenvalue weighted by molar-refractivity contribution is 5.83. The number of hydrogen-bond acceptors (Lipinski definition) is 3. The van der Waals surface area contributed by atoms with Crippen molar-refractivity contribution in [2.24, 2.45) is 11.1 Å². The molecule has 1 saturated heterocycles. The molecule has 15 heavy (non-hydrogen) atoms. The summed E-state index contributed by atoms with van der Waals surface area (Å²) in [5.74, 6) is 0.197. The lowest BCUT2D eigenvalue weighted by atomic mass is 9.79. The molecule has 0 saturated carbocycles. The summed E-state index contributed by atoms with van der Waals surface area (Å²) in [6.07, 6.45) is 0.909. The van der Waals surface area contributed by atoms with Crippen LogP contribution in [-0.2, 0) is 4.79 Å². The zero-order valence-corrected chi connectivity index (χ0v) is 10.3. The summed E-state index contributed by atoms with van der Waals surface area (Å²) in [5.41, 5.74) is 5.56. The molecule has 1 heterocycles. The summed E-state index contributed by atoms with van der Waals surface area (Å²) in [6, 6.07) is 0.000561. The van der Waals surface area contributed by atoms with Gasteiger partial charge in [-0.15, -0.1) is 0 Å². The Morgan fingerprint density at radius 3 is 2.67 bits per heavy atom. The predicted octanol–water partition coefficient (Wildman–Crippen LogP) is 0.134. The second-order valence-electron chi connectivity index (χ2n) is 5.21. The number of nitrogens with zero attached hydrogens (tertiary/aromatic N) is 2. The molecule has 4 nitrogen and oxygen atoms in total. The average Bonchev–Trinajstić information content (AvgIpc) is 2.14. The fourth-order valence-corrected chi connectivity index (χ4v) is 1.86. The summed E-state index contributed by atoms with van der Waals surface area (Å²) in [6.45, 7) is 6.42. The molecule has 0 aromatic heterocycles. The van der Waals surface area contributed by atoms with Crippen molar-refractivity contribution in [3.63, 3.8) is 0 Å². The maximum Gasteiger partial charge on any atom is 0.229 e. The van der Waals surface area contributed by atoms with Crippen LogP contribution < -0.4 is 5.73 Å². The highest BCUT2D eigenvalue weighted by Gasteiger charge is 2.41. The molecule has 1 fully saturated rings. The Morgan fingerprint density at radius 2 is 2.13 bits per heavy atom. The van der Waals surface area contributed by atoms with Crippen molar-refractivity contribution in [1.29, 1.82) is 0 Å². The van der Waals surface area contributed by atoms with E-state index in [-0.39, 0.29) is 11.9 Å². The van der Waals surface area contributed by atoms with Crippen molar-refractivity contribution >= 4 is 5.91 Å². The predicted molar refractivity (Wildman–Crippen MR) is 61.5 cm³/mol. The van der Waals surface area contributed by atoms with Gasteiger partial charge in [-0.2, -0.15) is 0 Å². The minimum Gasteiger partial charge on any atom is -0.341 e. The standard InChI is InChI=1S/C11H23N3O/c1-11(2)9(12)5-6-14(10(11)15)8-7-13(3)4/h9H,5-8,12H2,1-4H3. The molecule has 0 aromatic carbocycles. The number of hydrogen-bond donors (Lipinski definition) is 1. The summed E-state index contributed by atoms with van der Waals surface area (Å²) < 4.78 is 0. The fraction of sp³-hybridized carbons (Fsp3) is 0.909. The third kappa shape index (κ3) is 2.69. The molecular formula is C11H23N3O. The van der Waals surface area contributed by atoms with Gasteiger partial charge in [-0.3, -0.25) is 4.79 Å². The average molecular weight is 213 g/mol. The van der Waals surface area contributed by atoms with E-state index < -0.39 is 5.41 Å². The van der Waals surface area contributed by atoms with E-state index in [1.807, 2.05) is 32.8 Å². The minimum atomic E-state index is -0.398. The zero-order chi connectivity index (χ0) is 11.6. The van der Waals surface area contributed by atoms with Crippen molar-refractivity contribution in [2.75, 3.05) is 33.7 Å². The molecule has 0 aromatic rings. The third-order valence-electron chi connectivity index (χ3n) is 3.29. The van der Waals surface area contributed by atoms with E-state index in [0.29, 0.717) is 0 Å². The fourth-order valence-electron chi connectivity index (χ4n) is 1.86. The zero-order valence-electron chi connectivity index (χ0n) is 10.3. The van der Waals surface area contributed by atoms with Crippen LogP contribution in [0.2, 0.25) is 0 Å². The van der Waals surface area contributed by atoms with Crippen LogP contribution in [0.25, 0.3) is 0 Å². The molecule has 4 heteroatoms. The van der Waals surface area contributed by atoms with Crippen LogP contribution >= 0.6 is 0 Å². The Kier molecular flexibility index (Phi) is 3.73. The highest BCUT2D eigenvalue weighted by Crippen LogP contribution is 2.28. The van der Waals surface area contributed by atoms with Gasteiger partial charge in [0.25, 0.3) is 0 Å². The van der Waals surface area contributed by atoms with Crippen molar-refractivity contribution in [2.45, 2.75) is 26.3 Å². The monoisotopic (exact) mass is 213 g/mol. The van der Waals surface area contributed by atoms with Gasteiger partial charge in [0.1, 0.15) is 0 Å². The number of carbonyl (C=O) groups excluding carboxylic acids is 1. The lowest BCUT2D eigenvalue weighted by Gasteiger charge is -2.41. The molecule has 1 aliphatic heterocycles. The van der Waals surface area contributed by atoms with Gasteiger partial charge in [0.15, 0.2) is 0 Å². The SMILES string of the molecule is CN(C)CCN1CCC(N)C(C)(C)C1=O. The van der Waals surface area contributed by atoms with Gasteiger partial charge in [0.2, 0.25) is 5.91 Å². The molecule has 1 aliphatic rings. The Balaban J connectivity index is 2.58. The number of amides is 1. The maximum atomic E-state index is 12.1. The number of piperidine rings is 1. The molecule has 0 spiro atoms. The maximum absolute atomic E-state index is 12.1. The summed E-state index contributed by atoms with van der Waals surface area (Å²) in [5, 5.41) is 0. The van der Waals surface area contributed by atoms with Crippen LogP contribution in [0.3, 0.4) is 0 Å². The number of carbonyl (C=O) groups is 1. The first kappa shape index (κ1) is 12.5. The van der Waals surface area contributed by atoms with Crippen molar-refractivity contribution in [3.05, 3.63) is 0 Å². The summed E-state index contributed by atoms with van der Waals surface area (Å²) in [7, 11) is 4.04. The van der Waals surface area contributed by atoms with E-state index >= 15 is 0 Å². The lowest BCUT2D eigenvalue weighted by molar-refractivity contribution is -0.145. The van der Waals surface area contributed by atoms with Crippen LogP contribution in [0.5, 0.6) is 0 Å². The quantitative estimate of drug-likeness (QED) is 0.725. The van der Waals surface area contributed by atoms with E-state index in [1.165, 1.54) is 0 Å². The van der Waals surface area contributed by atoms with E-state index in [9.17, 15) is 4.79 Å². The second-order valence-corrected chi connectivity index (χ2v) is 5.21. The smallest absolute Gasteiger partial charge is 0.229 e. The molecule has 0 radical (unpaired) electrons. The van der Waals surface area contributed by atoms with Crippen LogP contribution in [0, 0.1) is 5.41 Å². The molecule has 0 aliphatic carbocycles. The number of likely N-dealkylation sites (tertiary alicyclic amines) is 1. The van der Waals surface area contributed by atoms with Crippen LogP contribution in [0.1, 0.15) is 20.3 Å². The van der Waals surface area contributed by atoms with Crippen molar-refractivity contribution < 1.29 is 4.79 Å². The molecular weight excluding hydrogens is 190 g/mol. The van der Waals surface area contributed by atoms with E-state index in [4.69, 9.17) is 5.73 Å². The van der Waals surface area contributed by atoms with Gasteiger partial charge in [-0.05, 0) is 34.4 Å². The topological polar surface area (TPSA) is 49.6 Å². The normalized spacial score (nSPS) is 26.1. The highest BCUT2D eigenvalue weighted by atomic mass is 16.2. The van der Waals surface area contributed by atoms with Gasteiger partial charge in [-0.25, -0.2) is 0 Å². The molecule has 2 N–H and O–H groups in total. The van der Waals surface area contributed by atoms with E-state index in [2.05, 4.69) is 4.90 Å². The Labute approximate surface area is 92.4 Å². The lowest BCUT2D eigenvalue weighted by Crippen LogP contribution is -2.57. The van der Waals surface area contributed by atoms with E-state index in [1.54, 1.807) is 0 Å². The Bertz CT molecular complexity index is 238. The third-order valence-corrected chi connectivity index (χ3v) is 3.29. The van der Waals surface area contributed by atoms with Crippen LogP contribution in [0.15, 0.2) is 0 Å². The van der Waals surface area contributed by atoms with Gasteiger partial charge in [0, 0.05) is 25.7 Å². The molecule has 88 valence electrons. The molecule has 1 amide bonds. The van der Waals surface area contributed by atoms with Gasteiger partial charge in [-0.1, -0.05) is 0 Å². The molecule has 0 bridgehead atoms. The number of likely N-dealkylation sites (N-methyl/N-ethyl adjacent to an activating group) is 1. The van der Waals surface area contributed by atoms with E-state index in [0.717, 1.165) is 26.1 Å². The van der Waals surface area contributed by atoms with Crippen LogP contribution in [0.4, 0.5) is 0 Å². The number of nitrogens with two attached hydrogens (primary N) is 1. The first-order valence-corrected chi connectivity index (χ1v) is 5.55. The van der Waals surface area contributed by atoms with Crippen molar-refractivity contribution in [3.8, 4) is 0 Å². The first-order chi connectivity index (χ1) is 6.85. The number of rotatable bonds is 3. The van der Waals surface area contributed by atoms with Gasteiger partial charge in [0.05, 0.1) is 5.41 Å². The Morgan fingerprint density at radius 1 is 1.53 bits per heavy atom. The largest absolute Gasteiger partial charge is 0.341 e. The molecule has 1 unspecified atom stereocenters. The first-order valence-electron chi connectivity index (χ1n) is 5.55. The molecule has 1 atom stereocenters. The Hall–Kier alpha value is -0.610. The summed E-state index contributed by atoms with van der Waals surface area (Å²) in [4.78, 5) is 16.1. The molecule has 1 rings (SSSR count).